The first-order valence-corrected chi connectivity index (χ1v) is 6.06. The highest BCUT2D eigenvalue weighted by Crippen LogP contribution is 2.35. The van der Waals surface area contributed by atoms with Crippen molar-refractivity contribution in [2.24, 2.45) is 0 Å². The molecule has 1 unspecified atom stereocenters. The van der Waals surface area contributed by atoms with Crippen LogP contribution < -0.4 is 4.74 Å². The van der Waals surface area contributed by atoms with Crippen molar-refractivity contribution in [2.45, 2.75) is 19.3 Å². The summed E-state index contributed by atoms with van der Waals surface area (Å²) in [5, 5.41) is 20.4. The monoisotopic (exact) mass is 237 g/mol. The predicted molar refractivity (Wildman–Crippen MR) is 65.8 cm³/mol. The number of nitriles is 1. The third kappa shape index (κ3) is 3.07. The van der Waals surface area contributed by atoms with Crippen molar-refractivity contribution in [1.29, 1.82) is 5.26 Å². The molecule has 0 aliphatic rings. The van der Waals surface area contributed by atoms with Gasteiger partial charge in [0.2, 0.25) is 0 Å². The summed E-state index contributed by atoms with van der Waals surface area (Å²) >= 11 is 1.24. The summed E-state index contributed by atoms with van der Waals surface area (Å²) in [6.45, 7) is 2.03. The number of benzene rings is 1. The van der Waals surface area contributed by atoms with Crippen LogP contribution in [-0.2, 0) is 0 Å². The van der Waals surface area contributed by atoms with Crippen LogP contribution in [0.25, 0.3) is 0 Å². The van der Waals surface area contributed by atoms with Crippen LogP contribution in [0.1, 0.15) is 24.8 Å². The Kier molecular flexibility index (Phi) is 5.00. The van der Waals surface area contributed by atoms with E-state index in [0.717, 1.165) is 17.7 Å². The fourth-order valence-corrected chi connectivity index (χ4v) is 2.10. The van der Waals surface area contributed by atoms with Gasteiger partial charge in [-0.25, -0.2) is 0 Å². The summed E-state index contributed by atoms with van der Waals surface area (Å²) in [6, 6.07) is 5.48. The Morgan fingerprint density at radius 1 is 1.56 bits per heavy atom. The number of hydrogen-bond donors (Lipinski definition) is 1. The number of thioether (sulfide) groups is 1. The first-order valence-electron chi connectivity index (χ1n) is 5.07. The van der Waals surface area contributed by atoms with Gasteiger partial charge in [0, 0.05) is 11.3 Å². The minimum atomic E-state index is 0.208. The molecule has 1 atom stereocenters. The highest BCUT2D eigenvalue weighted by molar-refractivity contribution is 8.03. The number of para-hydroxylation sites is 1. The van der Waals surface area contributed by atoms with E-state index in [-0.39, 0.29) is 11.7 Å². The van der Waals surface area contributed by atoms with Gasteiger partial charge in [-0.05, 0) is 30.2 Å². The maximum atomic E-state index is 9.92. The molecule has 0 aliphatic heterocycles. The van der Waals surface area contributed by atoms with E-state index in [9.17, 15) is 5.11 Å². The van der Waals surface area contributed by atoms with Crippen LogP contribution >= 0.6 is 11.8 Å². The Morgan fingerprint density at radius 3 is 2.94 bits per heavy atom. The molecule has 0 fully saturated rings. The molecule has 1 aromatic carbocycles. The normalized spacial score (nSPS) is 11.8. The van der Waals surface area contributed by atoms with Gasteiger partial charge in [0.25, 0.3) is 0 Å². The first-order chi connectivity index (χ1) is 7.70. The van der Waals surface area contributed by atoms with Gasteiger partial charge >= 0.3 is 0 Å². The number of aromatic hydroxyl groups is 1. The van der Waals surface area contributed by atoms with Crippen LogP contribution in [0.15, 0.2) is 18.2 Å². The molecule has 1 N–H and O–H groups in total. The summed E-state index contributed by atoms with van der Waals surface area (Å²) in [5.74, 6) is 1.70. The molecule has 86 valence electrons. The van der Waals surface area contributed by atoms with Crippen molar-refractivity contribution in [3.63, 3.8) is 0 Å². The molecule has 0 aromatic heterocycles. The van der Waals surface area contributed by atoms with Crippen LogP contribution in [0.4, 0.5) is 0 Å². The quantitative estimate of drug-likeness (QED) is 0.631. The molecule has 0 heterocycles. The van der Waals surface area contributed by atoms with Gasteiger partial charge in [-0.1, -0.05) is 19.1 Å². The van der Waals surface area contributed by atoms with Crippen LogP contribution in [0.2, 0.25) is 0 Å². The molecular weight excluding hydrogens is 222 g/mol. The number of phenols is 1. The number of nitrogens with zero attached hydrogens (tertiary/aromatic N) is 1. The largest absolute Gasteiger partial charge is 0.504 e. The Hall–Kier alpha value is -1.34. The molecular formula is C12H15NO2S. The topological polar surface area (TPSA) is 53.2 Å². The van der Waals surface area contributed by atoms with Crippen molar-refractivity contribution in [3.8, 4) is 16.9 Å². The second-order valence-corrected chi connectivity index (χ2v) is 4.41. The Bertz CT molecular complexity index is 387. The number of thiocyanates is 1. The molecule has 0 spiro atoms. The number of hydrogen-bond acceptors (Lipinski definition) is 4. The molecule has 4 heteroatoms. The standard InChI is InChI=1S/C12H15NO2S/c1-9(6-7-16-8-13)10-4-3-5-11(15-2)12(10)14/h3-5,9,14H,6-7H2,1-2H3. The zero-order valence-electron chi connectivity index (χ0n) is 9.43. The highest BCUT2D eigenvalue weighted by atomic mass is 32.2. The van der Waals surface area contributed by atoms with Gasteiger partial charge in [-0.2, -0.15) is 5.26 Å². The van der Waals surface area contributed by atoms with Gasteiger partial charge in [-0.3, -0.25) is 0 Å². The van der Waals surface area contributed by atoms with Crippen molar-refractivity contribution < 1.29 is 9.84 Å². The van der Waals surface area contributed by atoms with Crippen LogP contribution in [0, 0.1) is 10.7 Å². The fourth-order valence-electron chi connectivity index (χ4n) is 1.54. The van der Waals surface area contributed by atoms with E-state index in [2.05, 4.69) is 0 Å². The van der Waals surface area contributed by atoms with Crippen LogP contribution in [-0.4, -0.2) is 18.0 Å². The van der Waals surface area contributed by atoms with Crippen molar-refractivity contribution in [3.05, 3.63) is 23.8 Å². The van der Waals surface area contributed by atoms with E-state index in [0.29, 0.717) is 5.75 Å². The Balaban J connectivity index is 2.75. The first kappa shape index (κ1) is 12.7. The minimum absolute atomic E-state index is 0.208. The van der Waals surface area contributed by atoms with Gasteiger partial charge in [-0.15, -0.1) is 0 Å². The van der Waals surface area contributed by atoms with E-state index in [1.54, 1.807) is 6.07 Å². The van der Waals surface area contributed by atoms with E-state index in [4.69, 9.17) is 10.00 Å². The third-order valence-electron chi connectivity index (χ3n) is 2.50. The van der Waals surface area contributed by atoms with Gasteiger partial charge in [0.1, 0.15) is 5.40 Å². The molecule has 0 aliphatic carbocycles. The number of phenolic OH excluding ortho intramolecular Hbond substituents is 1. The van der Waals surface area contributed by atoms with Gasteiger partial charge < -0.3 is 9.84 Å². The second kappa shape index (κ2) is 6.29. The molecule has 0 saturated heterocycles. The lowest BCUT2D eigenvalue weighted by molar-refractivity contribution is 0.368. The van der Waals surface area contributed by atoms with Crippen LogP contribution in [0.3, 0.4) is 0 Å². The van der Waals surface area contributed by atoms with E-state index in [1.165, 1.54) is 18.9 Å². The Labute approximate surface area is 100 Å². The van der Waals surface area contributed by atoms with E-state index >= 15 is 0 Å². The fraction of sp³-hybridized carbons (Fsp3) is 0.417. The molecule has 0 radical (unpaired) electrons. The lowest BCUT2D eigenvalue weighted by Crippen LogP contribution is -1.97. The van der Waals surface area contributed by atoms with Crippen molar-refractivity contribution in [2.75, 3.05) is 12.9 Å². The van der Waals surface area contributed by atoms with Gasteiger partial charge in [0.15, 0.2) is 11.5 Å². The molecule has 0 amide bonds. The van der Waals surface area contributed by atoms with E-state index in [1.807, 2.05) is 24.5 Å². The second-order valence-electron chi connectivity index (χ2n) is 3.53. The maximum absolute atomic E-state index is 9.92. The highest BCUT2D eigenvalue weighted by Gasteiger charge is 2.13. The summed E-state index contributed by atoms with van der Waals surface area (Å²) in [6.07, 6.45) is 0.860. The molecule has 16 heavy (non-hydrogen) atoms. The van der Waals surface area contributed by atoms with Crippen LogP contribution in [0.5, 0.6) is 11.5 Å². The summed E-state index contributed by atoms with van der Waals surface area (Å²) in [5.41, 5.74) is 0.873. The van der Waals surface area contributed by atoms with Crippen molar-refractivity contribution in [1.82, 2.24) is 0 Å². The molecule has 0 bridgehead atoms. The SMILES string of the molecule is COc1cccc(C(C)CCSC#N)c1O. The zero-order valence-corrected chi connectivity index (χ0v) is 10.3. The lowest BCUT2D eigenvalue weighted by atomic mass is 9.97. The summed E-state index contributed by atoms with van der Waals surface area (Å²) in [7, 11) is 1.54. The number of ether oxygens (including phenoxy) is 1. The lowest BCUT2D eigenvalue weighted by Gasteiger charge is -2.14. The van der Waals surface area contributed by atoms with Gasteiger partial charge in [0.05, 0.1) is 7.11 Å². The molecule has 1 rings (SSSR count). The molecule has 3 nitrogen and oxygen atoms in total. The predicted octanol–water partition coefficient (Wildman–Crippen LogP) is 3.11. The minimum Gasteiger partial charge on any atom is -0.504 e. The zero-order chi connectivity index (χ0) is 12.0. The smallest absolute Gasteiger partial charge is 0.161 e. The maximum Gasteiger partial charge on any atom is 0.161 e. The van der Waals surface area contributed by atoms with Crippen molar-refractivity contribution >= 4 is 11.8 Å². The number of methoxy groups -OCH3 is 1. The van der Waals surface area contributed by atoms with E-state index < -0.39 is 0 Å². The summed E-state index contributed by atoms with van der Waals surface area (Å²) < 4.78 is 5.05. The third-order valence-corrected chi connectivity index (χ3v) is 3.07. The Morgan fingerprint density at radius 2 is 2.31 bits per heavy atom. The number of rotatable bonds is 5. The molecule has 0 saturated carbocycles. The average Bonchev–Trinajstić information content (AvgIpc) is 2.29. The average molecular weight is 237 g/mol. The molecule has 1 aromatic rings. The summed E-state index contributed by atoms with van der Waals surface area (Å²) in [4.78, 5) is 0.